The summed E-state index contributed by atoms with van der Waals surface area (Å²) in [5.41, 5.74) is 8.40. The van der Waals surface area contributed by atoms with Gasteiger partial charge in [-0.15, -0.1) is 0 Å². The van der Waals surface area contributed by atoms with E-state index in [4.69, 9.17) is 5.73 Å². The molecule has 3 N–H and O–H groups in total. The van der Waals surface area contributed by atoms with Crippen LogP contribution in [0.25, 0.3) is 0 Å². The van der Waals surface area contributed by atoms with Crippen LogP contribution in [0.4, 0.5) is 15.8 Å². The van der Waals surface area contributed by atoms with Gasteiger partial charge in [0.05, 0.1) is 11.4 Å². The highest BCUT2D eigenvalue weighted by molar-refractivity contribution is 9.10. The molecular weight excluding hydrogens is 295 g/mol. The zero-order valence-electron chi connectivity index (χ0n) is 9.79. The molecule has 94 valence electrons. The maximum absolute atomic E-state index is 13.2. The van der Waals surface area contributed by atoms with Crippen LogP contribution in [0.1, 0.15) is 5.56 Å². The number of para-hydroxylation sites is 2. The van der Waals surface area contributed by atoms with E-state index in [1.807, 2.05) is 30.3 Å². The Morgan fingerprint density at radius 2 is 1.94 bits per heavy atom. The minimum absolute atomic E-state index is 0.224. The van der Waals surface area contributed by atoms with Gasteiger partial charge in [0, 0.05) is 11.0 Å². The smallest absolute Gasteiger partial charge is 0.124 e. The number of benzene rings is 2. The topological polar surface area (TPSA) is 38.0 Å². The molecule has 0 bridgehead atoms. The van der Waals surface area contributed by atoms with Crippen LogP contribution >= 0.6 is 15.9 Å². The van der Waals surface area contributed by atoms with Crippen molar-refractivity contribution in [2.45, 2.75) is 6.42 Å². The molecule has 0 aliphatic heterocycles. The molecule has 0 fully saturated rings. The predicted octanol–water partition coefficient (Wildman–Crippen LogP) is 3.83. The zero-order chi connectivity index (χ0) is 13.0. The molecule has 0 aromatic heterocycles. The highest BCUT2D eigenvalue weighted by Crippen LogP contribution is 2.18. The molecule has 0 spiro atoms. The fourth-order valence-electron chi connectivity index (χ4n) is 1.75. The lowest BCUT2D eigenvalue weighted by Gasteiger charge is -2.09. The summed E-state index contributed by atoms with van der Waals surface area (Å²) < 4.78 is 13.9. The second-order valence-electron chi connectivity index (χ2n) is 4.04. The molecule has 0 unspecified atom stereocenters. The summed E-state index contributed by atoms with van der Waals surface area (Å²) in [4.78, 5) is 0. The Morgan fingerprint density at radius 1 is 1.17 bits per heavy atom. The first-order chi connectivity index (χ1) is 8.65. The van der Waals surface area contributed by atoms with Crippen molar-refractivity contribution in [1.82, 2.24) is 0 Å². The molecule has 0 saturated carbocycles. The lowest BCUT2D eigenvalue weighted by atomic mass is 10.1. The van der Waals surface area contributed by atoms with E-state index in [9.17, 15) is 4.39 Å². The minimum Gasteiger partial charge on any atom is -0.397 e. The van der Waals surface area contributed by atoms with Gasteiger partial charge in [-0.05, 0) is 42.3 Å². The molecular formula is C14H14BrFN2. The number of nitrogens with two attached hydrogens (primary N) is 1. The van der Waals surface area contributed by atoms with E-state index in [2.05, 4.69) is 21.2 Å². The highest BCUT2D eigenvalue weighted by atomic mass is 79.9. The summed E-state index contributed by atoms with van der Waals surface area (Å²) >= 11 is 3.28. The second kappa shape index (κ2) is 5.87. The van der Waals surface area contributed by atoms with Crippen LogP contribution in [0.3, 0.4) is 0 Å². The maximum atomic E-state index is 13.2. The van der Waals surface area contributed by atoms with Crippen LogP contribution in [0.15, 0.2) is 46.9 Å². The lowest BCUT2D eigenvalue weighted by Crippen LogP contribution is -2.06. The molecule has 2 rings (SSSR count). The molecule has 2 aromatic carbocycles. The van der Waals surface area contributed by atoms with E-state index in [1.54, 1.807) is 6.07 Å². The normalized spacial score (nSPS) is 10.3. The average molecular weight is 309 g/mol. The Morgan fingerprint density at radius 3 is 2.67 bits per heavy atom. The number of hydrogen-bond acceptors (Lipinski definition) is 2. The van der Waals surface area contributed by atoms with Gasteiger partial charge >= 0.3 is 0 Å². The Hall–Kier alpha value is -1.55. The van der Waals surface area contributed by atoms with Gasteiger partial charge in [0.2, 0.25) is 0 Å². The number of halogens is 2. The largest absolute Gasteiger partial charge is 0.397 e. The van der Waals surface area contributed by atoms with Gasteiger partial charge in [0.1, 0.15) is 5.82 Å². The van der Waals surface area contributed by atoms with Gasteiger partial charge in [-0.25, -0.2) is 4.39 Å². The van der Waals surface area contributed by atoms with Gasteiger partial charge in [-0.2, -0.15) is 0 Å². The minimum atomic E-state index is -0.224. The third-order valence-corrected chi connectivity index (χ3v) is 3.07. The van der Waals surface area contributed by atoms with E-state index in [-0.39, 0.29) is 5.82 Å². The molecule has 0 amide bonds. The Bertz CT molecular complexity index is 523. The van der Waals surface area contributed by atoms with E-state index in [0.29, 0.717) is 6.54 Å². The van der Waals surface area contributed by atoms with Crippen LogP contribution in [0.5, 0.6) is 0 Å². The molecule has 0 atom stereocenters. The number of hydrogen-bond donors (Lipinski definition) is 2. The SMILES string of the molecule is Nc1ccccc1NCCc1cc(F)cc(Br)c1. The molecule has 0 saturated heterocycles. The lowest BCUT2D eigenvalue weighted by molar-refractivity contribution is 0.624. The first-order valence-electron chi connectivity index (χ1n) is 5.68. The molecule has 0 radical (unpaired) electrons. The standard InChI is InChI=1S/C14H14BrFN2/c15-11-7-10(8-12(16)9-11)5-6-18-14-4-2-1-3-13(14)17/h1-4,7-9,18H,5-6,17H2. The zero-order valence-corrected chi connectivity index (χ0v) is 11.4. The fraction of sp³-hybridized carbons (Fsp3) is 0.143. The Labute approximate surface area is 114 Å². The van der Waals surface area contributed by atoms with Gasteiger partial charge in [0.25, 0.3) is 0 Å². The van der Waals surface area contributed by atoms with Crippen molar-refractivity contribution >= 4 is 27.3 Å². The van der Waals surface area contributed by atoms with Crippen molar-refractivity contribution in [3.63, 3.8) is 0 Å². The molecule has 0 aliphatic rings. The Kier molecular flexibility index (Phi) is 4.20. The monoisotopic (exact) mass is 308 g/mol. The average Bonchev–Trinajstić information content (AvgIpc) is 2.30. The van der Waals surface area contributed by atoms with Gasteiger partial charge in [-0.3, -0.25) is 0 Å². The van der Waals surface area contributed by atoms with Crippen LogP contribution in [0, 0.1) is 5.82 Å². The molecule has 4 heteroatoms. The van der Waals surface area contributed by atoms with Crippen molar-refractivity contribution in [2.75, 3.05) is 17.6 Å². The first kappa shape index (κ1) is 12.9. The summed E-state index contributed by atoms with van der Waals surface area (Å²) in [5, 5.41) is 3.24. The van der Waals surface area contributed by atoms with E-state index < -0.39 is 0 Å². The second-order valence-corrected chi connectivity index (χ2v) is 4.96. The summed E-state index contributed by atoms with van der Waals surface area (Å²) in [6.07, 6.45) is 0.741. The highest BCUT2D eigenvalue weighted by Gasteiger charge is 2.00. The molecule has 0 aliphatic carbocycles. The van der Waals surface area contributed by atoms with Crippen LogP contribution in [0.2, 0.25) is 0 Å². The number of rotatable bonds is 4. The van der Waals surface area contributed by atoms with Gasteiger partial charge in [0.15, 0.2) is 0 Å². The van der Waals surface area contributed by atoms with Gasteiger partial charge < -0.3 is 11.1 Å². The van der Waals surface area contributed by atoms with E-state index in [0.717, 1.165) is 27.8 Å². The molecule has 2 nitrogen and oxygen atoms in total. The van der Waals surface area contributed by atoms with Crippen LogP contribution in [-0.4, -0.2) is 6.54 Å². The van der Waals surface area contributed by atoms with Crippen molar-refractivity contribution in [1.29, 1.82) is 0 Å². The van der Waals surface area contributed by atoms with Crippen LogP contribution in [-0.2, 0) is 6.42 Å². The third kappa shape index (κ3) is 3.47. The van der Waals surface area contributed by atoms with Crippen LogP contribution < -0.4 is 11.1 Å². The third-order valence-electron chi connectivity index (χ3n) is 2.61. The summed E-state index contributed by atoms with van der Waals surface area (Å²) in [5.74, 6) is -0.224. The van der Waals surface area contributed by atoms with Gasteiger partial charge in [-0.1, -0.05) is 28.1 Å². The number of anilines is 2. The Balaban J connectivity index is 1.94. The van der Waals surface area contributed by atoms with Crippen molar-refractivity contribution in [3.05, 3.63) is 58.3 Å². The first-order valence-corrected chi connectivity index (χ1v) is 6.48. The van der Waals surface area contributed by atoms with E-state index in [1.165, 1.54) is 6.07 Å². The number of nitrogen functional groups attached to an aromatic ring is 1. The fourth-order valence-corrected chi connectivity index (χ4v) is 2.27. The quantitative estimate of drug-likeness (QED) is 0.843. The molecule has 2 aromatic rings. The van der Waals surface area contributed by atoms with E-state index >= 15 is 0 Å². The number of nitrogens with one attached hydrogen (secondary N) is 1. The summed E-state index contributed by atoms with van der Waals surface area (Å²) in [6, 6.07) is 12.5. The van der Waals surface area contributed by atoms with Crippen molar-refractivity contribution in [3.8, 4) is 0 Å². The predicted molar refractivity (Wildman–Crippen MR) is 77.1 cm³/mol. The molecule has 0 heterocycles. The van der Waals surface area contributed by atoms with Crippen molar-refractivity contribution < 1.29 is 4.39 Å². The van der Waals surface area contributed by atoms with Crippen molar-refractivity contribution in [2.24, 2.45) is 0 Å². The molecule has 18 heavy (non-hydrogen) atoms. The summed E-state index contributed by atoms with van der Waals surface area (Å²) in [6.45, 7) is 0.712. The maximum Gasteiger partial charge on any atom is 0.124 e. The summed E-state index contributed by atoms with van der Waals surface area (Å²) in [7, 11) is 0.